The molecule has 0 radical (unpaired) electrons. The number of aliphatic hydroxyl groups excluding tert-OH is 4. The van der Waals surface area contributed by atoms with Crippen molar-refractivity contribution in [1.82, 2.24) is 0 Å². The normalized spacial score (nSPS) is 47.6. The van der Waals surface area contributed by atoms with Crippen LogP contribution in [0.25, 0.3) is 0 Å². The average molecular weight is 481 g/mol. The summed E-state index contributed by atoms with van der Waals surface area (Å²) in [6.45, 7) is 7.34. The smallest absolute Gasteiger partial charge is 0.159 e. The van der Waals surface area contributed by atoms with E-state index in [0.717, 1.165) is 24.8 Å². The molecule has 0 saturated heterocycles. The highest BCUT2D eigenvalue weighted by Gasteiger charge is 2.67. The van der Waals surface area contributed by atoms with Crippen LogP contribution in [0.2, 0.25) is 0 Å². The minimum absolute atomic E-state index is 0.0194. The summed E-state index contributed by atoms with van der Waals surface area (Å²) in [6, 6.07) is 0. The van der Waals surface area contributed by atoms with Gasteiger partial charge in [0.2, 0.25) is 0 Å². The van der Waals surface area contributed by atoms with Crippen molar-refractivity contribution in [2.75, 3.05) is 6.61 Å². The van der Waals surface area contributed by atoms with Gasteiger partial charge in [0.15, 0.2) is 5.78 Å². The topological polar surface area (TPSA) is 138 Å². The molecule has 0 aliphatic heterocycles. The molecule has 0 spiro atoms. The van der Waals surface area contributed by atoms with Gasteiger partial charge in [0.1, 0.15) is 0 Å². The molecule has 0 bridgehead atoms. The molecule has 0 aromatic carbocycles. The van der Waals surface area contributed by atoms with E-state index in [2.05, 4.69) is 6.92 Å². The Morgan fingerprint density at radius 3 is 2.47 bits per heavy atom. The first-order valence-corrected chi connectivity index (χ1v) is 13.1. The van der Waals surface area contributed by atoms with E-state index in [9.17, 15) is 35.4 Å². The predicted molar refractivity (Wildman–Crippen MR) is 127 cm³/mol. The minimum Gasteiger partial charge on any atom is -0.393 e. The van der Waals surface area contributed by atoms with Crippen LogP contribution in [0.5, 0.6) is 0 Å². The van der Waals surface area contributed by atoms with Crippen molar-refractivity contribution in [1.29, 1.82) is 0 Å². The highest BCUT2D eigenvalue weighted by atomic mass is 16.3. The SMILES string of the molecule is C[C@H]([C@H](O)CC[C@@](C)(O)CO)[C@H]1CC[C@@]2(O)C3=CC(=O)[C@@H]4C[C@H](O)[C@@H](O)C[C@]4(C)[C@H]3CC[C@]12C. The molecule has 0 aromatic heterocycles. The quantitative estimate of drug-likeness (QED) is 0.340. The Morgan fingerprint density at radius 1 is 1.15 bits per heavy atom. The molecule has 3 fully saturated rings. The second kappa shape index (κ2) is 8.63. The van der Waals surface area contributed by atoms with Gasteiger partial charge in [-0.2, -0.15) is 0 Å². The number of hydrogen-bond donors (Lipinski definition) is 6. The summed E-state index contributed by atoms with van der Waals surface area (Å²) in [5, 5.41) is 63.3. The zero-order chi connectivity index (χ0) is 25.3. The molecule has 0 heterocycles. The highest BCUT2D eigenvalue weighted by Crippen LogP contribution is 2.68. The van der Waals surface area contributed by atoms with Gasteiger partial charge in [-0.25, -0.2) is 0 Å². The Kier molecular flexibility index (Phi) is 6.66. The zero-order valence-electron chi connectivity index (χ0n) is 21.1. The van der Waals surface area contributed by atoms with E-state index >= 15 is 0 Å². The molecule has 3 saturated carbocycles. The maximum absolute atomic E-state index is 13.2. The Bertz CT molecular complexity index is 839. The third-order valence-electron chi connectivity index (χ3n) is 10.8. The van der Waals surface area contributed by atoms with Gasteiger partial charge in [-0.05, 0) is 93.1 Å². The number of fused-ring (bicyclic) bond motifs is 5. The van der Waals surface area contributed by atoms with Crippen LogP contribution < -0.4 is 0 Å². The number of ketones is 1. The van der Waals surface area contributed by atoms with E-state index in [1.807, 2.05) is 13.8 Å². The second-order valence-corrected chi connectivity index (χ2v) is 12.8. The Hall–Kier alpha value is -0.830. The lowest BCUT2D eigenvalue weighted by Gasteiger charge is -2.60. The fraction of sp³-hybridized carbons (Fsp3) is 0.889. The molecule has 0 amide bonds. The molecule has 6 N–H and O–H groups in total. The number of carbonyl (C=O) groups excluding carboxylic acids is 1. The van der Waals surface area contributed by atoms with E-state index in [1.54, 1.807) is 13.0 Å². The number of hydrogen-bond acceptors (Lipinski definition) is 7. The lowest BCUT2D eigenvalue weighted by atomic mass is 9.46. The molecule has 11 atom stereocenters. The Balaban J connectivity index is 1.60. The van der Waals surface area contributed by atoms with E-state index < -0.39 is 40.3 Å². The van der Waals surface area contributed by atoms with Crippen LogP contribution in [0.1, 0.15) is 79.1 Å². The standard InChI is InChI=1S/C27H44O7/c1-15(20(29)7-8-24(2,33)14-28)16-6-10-27(34)18-11-21(30)19-12-22(31)23(32)13-25(19,3)17(18)5-9-26(16,27)4/h11,15-17,19-20,22-23,28-29,31-34H,5-10,12-14H2,1-4H3/t15-,16+,17-,19-,20+,22-,23-,24+,25+,26+,27+/m0/s1. The Labute approximate surface area is 202 Å². The lowest BCUT2D eigenvalue weighted by molar-refractivity contribution is -0.154. The summed E-state index contributed by atoms with van der Waals surface area (Å²) in [5.74, 6) is -0.480. The molecule has 0 unspecified atom stereocenters. The highest BCUT2D eigenvalue weighted by molar-refractivity contribution is 5.95. The lowest BCUT2D eigenvalue weighted by Crippen LogP contribution is -2.61. The largest absolute Gasteiger partial charge is 0.393 e. The van der Waals surface area contributed by atoms with Crippen LogP contribution in [0, 0.1) is 34.5 Å². The Morgan fingerprint density at radius 2 is 1.82 bits per heavy atom. The van der Waals surface area contributed by atoms with E-state index in [-0.39, 0.29) is 42.5 Å². The first kappa shape index (κ1) is 26.2. The van der Waals surface area contributed by atoms with Gasteiger partial charge >= 0.3 is 0 Å². The molecule has 4 aliphatic rings. The van der Waals surface area contributed by atoms with Crippen LogP contribution in [-0.2, 0) is 4.79 Å². The number of allylic oxidation sites excluding steroid dienone is 1. The summed E-state index contributed by atoms with van der Waals surface area (Å²) in [5.41, 5.74) is -2.56. The van der Waals surface area contributed by atoms with Crippen molar-refractivity contribution in [2.45, 2.75) is 109 Å². The molecule has 194 valence electrons. The van der Waals surface area contributed by atoms with E-state index in [4.69, 9.17) is 0 Å². The summed E-state index contributed by atoms with van der Waals surface area (Å²) >= 11 is 0. The maximum Gasteiger partial charge on any atom is 0.159 e. The van der Waals surface area contributed by atoms with E-state index in [0.29, 0.717) is 25.7 Å². The number of rotatable bonds is 6. The van der Waals surface area contributed by atoms with Crippen LogP contribution >= 0.6 is 0 Å². The maximum atomic E-state index is 13.2. The van der Waals surface area contributed by atoms with Crippen LogP contribution in [0.15, 0.2) is 11.6 Å². The molecule has 0 aromatic rings. The van der Waals surface area contributed by atoms with Crippen molar-refractivity contribution in [3.63, 3.8) is 0 Å². The summed E-state index contributed by atoms with van der Waals surface area (Å²) in [7, 11) is 0. The first-order valence-electron chi connectivity index (χ1n) is 13.1. The van der Waals surface area contributed by atoms with Crippen molar-refractivity contribution in [3.05, 3.63) is 11.6 Å². The van der Waals surface area contributed by atoms with Crippen molar-refractivity contribution in [3.8, 4) is 0 Å². The van der Waals surface area contributed by atoms with Gasteiger partial charge in [-0.15, -0.1) is 0 Å². The first-order chi connectivity index (χ1) is 15.7. The van der Waals surface area contributed by atoms with Gasteiger partial charge in [0.05, 0.1) is 36.1 Å². The zero-order valence-corrected chi connectivity index (χ0v) is 21.1. The average Bonchev–Trinajstić information content (AvgIpc) is 3.05. The van der Waals surface area contributed by atoms with Gasteiger partial charge < -0.3 is 30.6 Å². The van der Waals surface area contributed by atoms with Crippen LogP contribution in [0.4, 0.5) is 0 Å². The molecule has 7 nitrogen and oxygen atoms in total. The minimum atomic E-state index is -1.23. The van der Waals surface area contributed by atoms with E-state index in [1.165, 1.54) is 0 Å². The summed E-state index contributed by atoms with van der Waals surface area (Å²) < 4.78 is 0. The molecular formula is C27H44O7. The van der Waals surface area contributed by atoms with Gasteiger partial charge in [0.25, 0.3) is 0 Å². The summed E-state index contributed by atoms with van der Waals surface area (Å²) in [6.07, 6.45) is 3.32. The fourth-order valence-corrected chi connectivity index (χ4v) is 8.32. The van der Waals surface area contributed by atoms with Crippen molar-refractivity contribution in [2.24, 2.45) is 34.5 Å². The van der Waals surface area contributed by atoms with Gasteiger partial charge in [-0.3, -0.25) is 4.79 Å². The van der Waals surface area contributed by atoms with Gasteiger partial charge in [0, 0.05) is 11.3 Å². The van der Waals surface area contributed by atoms with Crippen LogP contribution in [-0.4, -0.2) is 72.5 Å². The molecule has 7 heteroatoms. The van der Waals surface area contributed by atoms with Crippen LogP contribution in [0.3, 0.4) is 0 Å². The monoisotopic (exact) mass is 480 g/mol. The molecular weight excluding hydrogens is 436 g/mol. The van der Waals surface area contributed by atoms with Crippen molar-refractivity contribution >= 4 is 5.78 Å². The summed E-state index contributed by atoms with van der Waals surface area (Å²) in [4.78, 5) is 13.2. The number of aliphatic hydroxyl groups is 6. The third kappa shape index (κ3) is 3.82. The third-order valence-corrected chi connectivity index (χ3v) is 10.8. The molecule has 34 heavy (non-hydrogen) atoms. The predicted octanol–water partition coefficient (Wildman–Crippen LogP) is 1.71. The molecule has 4 rings (SSSR count). The molecule has 4 aliphatic carbocycles. The fourth-order valence-electron chi connectivity index (χ4n) is 8.32. The van der Waals surface area contributed by atoms with Gasteiger partial charge in [-0.1, -0.05) is 20.8 Å². The number of carbonyl (C=O) groups is 1. The van der Waals surface area contributed by atoms with Crippen molar-refractivity contribution < 1.29 is 35.4 Å². The second-order valence-electron chi connectivity index (χ2n) is 12.8.